The smallest absolute Gasteiger partial charge is 0.120 e. The highest BCUT2D eigenvalue weighted by atomic mass is 35.5. The van der Waals surface area contributed by atoms with Crippen molar-refractivity contribution < 1.29 is 0 Å². The minimum absolute atomic E-state index is 0.127. The van der Waals surface area contributed by atoms with Crippen LogP contribution in [0.25, 0.3) is 0 Å². The summed E-state index contributed by atoms with van der Waals surface area (Å²) in [4.78, 5) is -0.448. The molecule has 0 saturated heterocycles. The lowest BCUT2D eigenvalue weighted by Crippen LogP contribution is -2.15. The molecule has 50 valence electrons. The summed E-state index contributed by atoms with van der Waals surface area (Å²) in [6, 6.07) is 0. The highest BCUT2D eigenvalue weighted by molar-refractivity contribution is 6.48. The first-order chi connectivity index (χ1) is 3.55. The Balaban J connectivity index is 3.46. The monoisotopic (exact) mass is 174 g/mol. The van der Waals surface area contributed by atoms with Gasteiger partial charge in [-0.2, -0.15) is 0 Å². The molecule has 0 nitrogen and oxygen atoms in total. The van der Waals surface area contributed by atoms with Crippen LogP contribution >= 0.6 is 34.8 Å². The number of alkyl halides is 3. The van der Waals surface area contributed by atoms with E-state index >= 15 is 0 Å². The zero-order valence-corrected chi connectivity index (χ0v) is 7.13. The van der Waals surface area contributed by atoms with Gasteiger partial charge in [0.1, 0.15) is 4.84 Å². The van der Waals surface area contributed by atoms with Crippen molar-refractivity contribution in [1.82, 2.24) is 0 Å². The molecule has 0 aliphatic heterocycles. The Morgan fingerprint density at radius 2 is 1.38 bits per heavy atom. The molecule has 0 amide bonds. The van der Waals surface area contributed by atoms with Crippen LogP contribution < -0.4 is 0 Å². The number of hydrogen-bond donors (Lipinski definition) is 0. The summed E-state index contributed by atoms with van der Waals surface area (Å²) in [7, 11) is 0. The second-order valence-corrected chi connectivity index (χ2v) is 3.69. The third-order valence-electron chi connectivity index (χ3n) is 0.878. The van der Waals surface area contributed by atoms with E-state index in [1.54, 1.807) is 0 Å². The fourth-order valence-corrected chi connectivity index (χ4v) is 0.873. The third kappa shape index (κ3) is 3.01. The van der Waals surface area contributed by atoms with E-state index in [0.29, 0.717) is 5.92 Å². The van der Waals surface area contributed by atoms with Crippen LogP contribution in [-0.4, -0.2) is 10.2 Å². The second-order valence-electron chi connectivity index (χ2n) is 2.02. The number of hydrogen-bond acceptors (Lipinski definition) is 0. The summed E-state index contributed by atoms with van der Waals surface area (Å²) >= 11 is 16.6. The van der Waals surface area contributed by atoms with Crippen molar-refractivity contribution in [1.29, 1.82) is 0 Å². The predicted molar refractivity (Wildman–Crippen MR) is 40.0 cm³/mol. The van der Waals surface area contributed by atoms with E-state index in [2.05, 4.69) is 0 Å². The molecule has 0 fully saturated rings. The Morgan fingerprint density at radius 3 is 1.38 bits per heavy atom. The van der Waals surface area contributed by atoms with E-state index in [1.165, 1.54) is 0 Å². The minimum Gasteiger partial charge on any atom is -0.120 e. The van der Waals surface area contributed by atoms with Gasteiger partial charge in [-0.25, -0.2) is 0 Å². The van der Waals surface area contributed by atoms with Crippen molar-refractivity contribution in [3.8, 4) is 0 Å². The van der Waals surface area contributed by atoms with Crippen molar-refractivity contribution >= 4 is 34.8 Å². The maximum atomic E-state index is 5.69. The second kappa shape index (κ2) is 3.81. The molecule has 0 spiro atoms. The number of halogens is 3. The van der Waals surface area contributed by atoms with Crippen molar-refractivity contribution in [2.75, 3.05) is 0 Å². The first-order valence-corrected chi connectivity index (χ1v) is 3.79. The Hall–Kier alpha value is 0.870. The van der Waals surface area contributed by atoms with Crippen molar-refractivity contribution in [3.05, 3.63) is 0 Å². The first kappa shape index (κ1) is 8.87. The van der Waals surface area contributed by atoms with Gasteiger partial charge in [0.2, 0.25) is 0 Å². The molecule has 0 saturated carbocycles. The van der Waals surface area contributed by atoms with Gasteiger partial charge in [0, 0.05) is 0 Å². The summed E-state index contributed by atoms with van der Waals surface area (Å²) in [6.07, 6.45) is 0. The van der Waals surface area contributed by atoms with E-state index in [4.69, 9.17) is 34.8 Å². The Labute approximate surface area is 65.1 Å². The van der Waals surface area contributed by atoms with Gasteiger partial charge in [-0.3, -0.25) is 0 Å². The highest BCUT2D eigenvalue weighted by Gasteiger charge is 2.16. The van der Waals surface area contributed by atoms with Gasteiger partial charge in [0.15, 0.2) is 0 Å². The average molecular weight is 175 g/mol. The molecule has 0 aromatic carbocycles. The quantitative estimate of drug-likeness (QED) is 0.566. The molecule has 1 unspecified atom stereocenters. The molecule has 0 bridgehead atoms. The average Bonchev–Trinajstić information content (AvgIpc) is 1.64. The van der Waals surface area contributed by atoms with Crippen molar-refractivity contribution in [2.24, 2.45) is 5.92 Å². The van der Waals surface area contributed by atoms with E-state index < -0.39 is 4.84 Å². The summed E-state index contributed by atoms with van der Waals surface area (Å²) in [6.45, 7) is 3.96. The van der Waals surface area contributed by atoms with Crippen LogP contribution in [0.2, 0.25) is 0 Å². The van der Waals surface area contributed by atoms with E-state index in [9.17, 15) is 0 Å². The molecule has 1 atom stereocenters. The molecule has 3 heteroatoms. The van der Waals surface area contributed by atoms with Crippen LogP contribution in [0.3, 0.4) is 0 Å². The van der Waals surface area contributed by atoms with Gasteiger partial charge in [-0.15, -0.1) is 34.8 Å². The fourth-order valence-electron chi connectivity index (χ4n) is 0.291. The normalized spacial score (nSPS) is 15.4. The van der Waals surface area contributed by atoms with Crippen LogP contribution in [0.15, 0.2) is 0 Å². The minimum atomic E-state index is -0.448. The van der Waals surface area contributed by atoms with Crippen LogP contribution in [0.1, 0.15) is 13.8 Å². The van der Waals surface area contributed by atoms with Crippen LogP contribution in [0, 0.1) is 5.92 Å². The molecule has 0 aromatic rings. The molecule has 0 radical (unpaired) electrons. The SMILES string of the molecule is CC(C)C(Cl)C(Cl)Cl. The molecule has 0 aliphatic carbocycles. The maximum absolute atomic E-state index is 5.69. The molecule has 0 aromatic heterocycles. The van der Waals surface area contributed by atoms with Crippen molar-refractivity contribution in [3.63, 3.8) is 0 Å². The van der Waals surface area contributed by atoms with Gasteiger partial charge in [-0.1, -0.05) is 13.8 Å². The molecule has 0 heterocycles. The predicted octanol–water partition coefficient (Wildman–Crippen LogP) is 3.05. The maximum Gasteiger partial charge on any atom is 0.124 e. The number of rotatable bonds is 2. The lowest BCUT2D eigenvalue weighted by atomic mass is 10.1. The Kier molecular flexibility index (Phi) is 4.23. The third-order valence-corrected chi connectivity index (χ3v) is 2.43. The molecular formula is C5H9Cl3. The summed E-state index contributed by atoms with van der Waals surface area (Å²) in [5.41, 5.74) is 0. The molecule has 0 aliphatic rings. The van der Waals surface area contributed by atoms with Crippen LogP contribution in [0.4, 0.5) is 0 Å². The lowest BCUT2D eigenvalue weighted by molar-refractivity contribution is 0.623. The highest BCUT2D eigenvalue weighted by Crippen LogP contribution is 2.20. The Bertz CT molecular complexity index is 52.7. The lowest BCUT2D eigenvalue weighted by Gasteiger charge is -2.12. The van der Waals surface area contributed by atoms with E-state index in [-0.39, 0.29) is 5.38 Å². The van der Waals surface area contributed by atoms with Gasteiger partial charge >= 0.3 is 0 Å². The zero-order valence-electron chi connectivity index (χ0n) is 4.87. The first-order valence-electron chi connectivity index (χ1n) is 2.48. The summed E-state index contributed by atoms with van der Waals surface area (Å²) < 4.78 is 0. The molecule has 0 N–H and O–H groups in total. The van der Waals surface area contributed by atoms with Crippen LogP contribution in [-0.2, 0) is 0 Å². The molecule has 8 heavy (non-hydrogen) atoms. The van der Waals surface area contributed by atoms with Crippen LogP contribution in [0.5, 0.6) is 0 Å². The Morgan fingerprint density at radius 1 is 1.00 bits per heavy atom. The molecular weight excluding hydrogens is 166 g/mol. The zero-order chi connectivity index (χ0) is 6.73. The van der Waals surface area contributed by atoms with Gasteiger partial charge in [0.05, 0.1) is 5.38 Å². The van der Waals surface area contributed by atoms with Gasteiger partial charge < -0.3 is 0 Å². The summed E-state index contributed by atoms with van der Waals surface area (Å²) in [5, 5.41) is -0.127. The van der Waals surface area contributed by atoms with Gasteiger partial charge in [-0.05, 0) is 5.92 Å². The van der Waals surface area contributed by atoms with Gasteiger partial charge in [0.25, 0.3) is 0 Å². The van der Waals surface area contributed by atoms with Crippen molar-refractivity contribution in [2.45, 2.75) is 24.1 Å². The standard InChI is InChI=1S/C5H9Cl3/c1-3(2)4(6)5(7)8/h3-5H,1-2H3. The largest absolute Gasteiger partial charge is 0.124 e. The molecule has 0 rings (SSSR count). The summed E-state index contributed by atoms with van der Waals surface area (Å²) in [5.74, 6) is 0.344. The topological polar surface area (TPSA) is 0 Å². The van der Waals surface area contributed by atoms with E-state index in [1.807, 2.05) is 13.8 Å². The fraction of sp³-hybridized carbons (Fsp3) is 1.00. The van der Waals surface area contributed by atoms with E-state index in [0.717, 1.165) is 0 Å².